The number of carbonyl (C=O) groups excluding carboxylic acids is 1. The van der Waals surface area contributed by atoms with Gasteiger partial charge in [0, 0.05) is 5.41 Å². The first-order chi connectivity index (χ1) is 9.16. The molecule has 0 bridgehead atoms. The van der Waals surface area contributed by atoms with Crippen molar-refractivity contribution in [3.8, 4) is 0 Å². The molecule has 1 fully saturated rings. The highest BCUT2D eigenvalue weighted by Crippen LogP contribution is 2.40. The first kappa shape index (κ1) is 14.5. The van der Waals surface area contributed by atoms with Crippen molar-refractivity contribution in [3.63, 3.8) is 0 Å². The zero-order chi connectivity index (χ0) is 15.2. The maximum absolute atomic E-state index is 13.7. The molecule has 1 aliphatic rings. The van der Waals surface area contributed by atoms with E-state index in [1.165, 1.54) is 13.8 Å². The smallest absolute Gasteiger partial charge is 0.407 e. The van der Waals surface area contributed by atoms with Crippen molar-refractivity contribution < 1.29 is 31.5 Å². The summed E-state index contributed by atoms with van der Waals surface area (Å²) in [5.41, 5.74) is -2.12. The highest BCUT2D eigenvalue weighted by molar-refractivity contribution is 5.69. The van der Waals surface area contributed by atoms with Crippen molar-refractivity contribution in [1.29, 1.82) is 0 Å². The van der Waals surface area contributed by atoms with Crippen LogP contribution in [0.15, 0.2) is 0 Å². The van der Waals surface area contributed by atoms with Crippen LogP contribution in [-0.4, -0.2) is 12.7 Å². The summed E-state index contributed by atoms with van der Waals surface area (Å²) in [5, 5.41) is 2.08. The van der Waals surface area contributed by atoms with E-state index in [0.717, 1.165) is 0 Å². The van der Waals surface area contributed by atoms with E-state index in [0.29, 0.717) is 0 Å². The predicted molar refractivity (Wildman–Crippen MR) is 57.2 cm³/mol. The summed E-state index contributed by atoms with van der Waals surface area (Å²) in [6.45, 7) is 2.72. The van der Waals surface area contributed by atoms with E-state index in [1.807, 2.05) is 0 Å². The molecule has 1 amide bonds. The Labute approximate surface area is 110 Å². The Hall–Kier alpha value is -1.86. The third-order valence-electron chi connectivity index (χ3n) is 3.15. The maximum Gasteiger partial charge on any atom is 0.407 e. The van der Waals surface area contributed by atoms with Gasteiger partial charge in [-0.1, -0.05) is 13.8 Å². The molecule has 8 heteroatoms. The number of nitrogens with one attached hydrogen (secondary N) is 1. The molecule has 3 nitrogen and oxygen atoms in total. The lowest BCUT2D eigenvalue weighted by Gasteiger charge is -2.38. The molecule has 0 saturated carbocycles. The Bertz CT molecular complexity index is 559. The molecule has 1 atom stereocenters. The molecule has 2 rings (SSSR count). The van der Waals surface area contributed by atoms with E-state index in [2.05, 4.69) is 10.1 Å². The van der Waals surface area contributed by atoms with Gasteiger partial charge in [-0.25, -0.2) is 26.7 Å². The fourth-order valence-corrected chi connectivity index (χ4v) is 2.03. The van der Waals surface area contributed by atoms with Gasteiger partial charge in [0.15, 0.2) is 23.3 Å². The number of carbonyl (C=O) groups is 1. The van der Waals surface area contributed by atoms with E-state index in [4.69, 9.17) is 0 Å². The van der Waals surface area contributed by atoms with Gasteiger partial charge in [-0.2, -0.15) is 0 Å². The predicted octanol–water partition coefficient (Wildman–Crippen LogP) is 3.19. The number of hydrogen-bond acceptors (Lipinski definition) is 2. The van der Waals surface area contributed by atoms with Crippen molar-refractivity contribution in [2.75, 3.05) is 6.61 Å². The number of benzene rings is 1. The minimum absolute atomic E-state index is 0.219. The van der Waals surface area contributed by atoms with Crippen molar-refractivity contribution in [2.45, 2.75) is 19.9 Å². The summed E-state index contributed by atoms with van der Waals surface area (Å²) in [7, 11) is 0. The number of ether oxygens (including phenoxy) is 1. The molecule has 0 unspecified atom stereocenters. The Kier molecular flexibility index (Phi) is 3.35. The average molecular weight is 295 g/mol. The van der Waals surface area contributed by atoms with Gasteiger partial charge in [0.2, 0.25) is 5.82 Å². The number of amides is 1. The van der Waals surface area contributed by atoms with Gasteiger partial charge in [0.1, 0.15) is 6.61 Å². The van der Waals surface area contributed by atoms with Crippen LogP contribution < -0.4 is 5.32 Å². The maximum atomic E-state index is 13.7. The van der Waals surface area contributed by atoms with E-state index in [9.17, 15) is 26.7 Å². The molecule has 1 heterocycles. The van der Waals surface area contributed by atoms with Crippen LogP contribution in [0.3, 0.4) is 0 Å². The van der Waals surface area contributed by atoms with Crippen molar-refractivity contribution in [1.82, 2.24) is 5.32 Å². The summed E-state index contributed by atoms with van der Waals surface area (Å²) < 4.78 is 71.5. The second-order valence-electron chi connectivity index (χ2n) is 5.13. The van der Waals surface area contributed by atoms with Crippen LogP contribution in [0.4, 0.5) is 26.7 Å². The summed E-state index contributed by atoms with van der Waals surface area (Å²) in [4.78, 5) is 11.2. The van der Waals surface area contributed by atoms with Crippen molar-refractivity contribution in [3.05, 3.63) is 34.6 Å². The molecular formula is C12H10F5NO2. The summed E-state index contributed by atoms with van der Waals surface area (Å²) in [5.74, 6) is -10.2. The van der Waals surface area contributed by atoms with Gasteiger partial charge in [-0.15, -0.1) is 0 Å². The zero-order valence-electron chi connectivity index (χ0n) is 10.5. The van der Waals surface area contributed by atoms with E-state index in [-0.39, 0.29) is 6.61 Å². The standard InChI is InChI=1S/C12H10F5NO2/c1-12(2)3-20-11(19)18-10(12)4-5(13)7(15)9(17)8(16)6(4)14/h10H,3H2,1-2H3,(H,18,19)/t10-/m1/s1. The quantitative estimate of drug-likeness (QED) is 0.491. The molecule has 1 aliphatic heterocycles. The molecular weight excluding hydrogens is 285 g/mol. The van der Waals surface area contributed by atoms with Gasteiger partial charge in [0.05, 0.1) is 11.6 Å². The third-order valence-corrected chi connectivity index (χ3v) is 3.15. The summed E-state index contributed by atoms with van der Waals surface area (Å²) >= 11 is 0. The average Bonchev–Trinajstić information content (AvgIpc) is 2.39. The molecule has 0 aromatic heterocycles. The van der Waals surface area contributed by atoms with Crippen LogP contribution in [0.1, 0.15) is 25.5 Å². The number of alkyl carbamates (subject to hydrolysis) is 1. The molecule has 110 valence electrons. The van der Waals surface area contributed by atoms with Gasteiger partial charge in [-0.05, 0) is 0 Å². The van der Waals surface area contributed by atoms with E-state index in [1.54, 1.807) is 0 Å². The number of rotatable bonds is 1. The lowest BCUT2D eigenvalue weighted by molar-refractivity contribution is 0.0361. The van der Waals surface area contributed by atoms with Gasteiger partial charge < -0.3 is 10.1 Å². The Balaban J connectivity index is 2.65. The molecule has 0 spiro atoms. The second kappa shape index (κ2) is 4.60. The fraction of sp³-hybridized carbons (Fsp3) is 0.417. The van der Waals surface area contributed by atoms with Crippen LogP contribution in [-0.2, 0) is 4.74 Å². The topological polar surface area (TPSA) is 38.3 Å². The minimum Gasteiger partial charge on any atom is -0.449 e. The van der Waals surface area contributed by atoms with Crippen LogP contribution >= 0.6 is 0 Å². The largest absolute Gasteiger partial charge is 0.449 e. The third kappa shape index (κ3) is 2.08. The molecule has 1 saturated heterocycles. The Morgan fingerprint density at radius 1 is 1.00 bits per heavy atom. The normalized spacial score (nSPS) is 21.4. The van der Waals surface area contributed by atoms with Crippen molar-refractivity contribution in [2.24, 2.45) is 5.41 Å². The SMILES string of the molecule is CC1(C)COC(=O)N[C@@H]1c1c(F)c(F)c(F)c(F)c1F. The van der Waals surface area contributed by atoms with Gasteiger partial charge in [0.25, 0.3) is 0 Å². The van der Waals surface area contributed by atoms with E-state index < -0.39 is 52.2 Å². The molecule has 1 aromatic rings. The van der Waals surface area contributed by atoms with E-state index >= 15 is 0 Å². The number of halogens is 5. The highest BCUT2D eigenvalue weighted by atomic mass is 19.2. The number of hydrogen-bond donors (Lipinski definition) is 1. The fourth-order valence-electron chi connectivity index (χ4n) is 2.03. The van der Waals surface area contributed by atoms with Crippen LogP contribution in [0, 0.1) is 34.5 Å². The zero-order valence-corrected chi connectivity index (χ0v) is 10.5. The lowest BCUT2D eigenvalue weighted by atomic mass is 9.80. The van der Waals surface area contributed by atoms with Crippen molar-refractivity contribution >= 4 is 6.09 Å². The monoisotopic (exact) mass is 295 g/mol. The van der Waals surface area contributed by atoms with Crippen LogP contribution in [0.2, 0.25) is 0 Å². The van der Waals surface area contributed by atoms with Gasteiger partial charge in [-0.3, -0.25) is 0 Å². The molecule has 1 N–H and O–H groups in total. The molecule has 20 heavy (non-hydrogen) atoms. The highest BCUT2D eigenvalue weighted by Gasteiger charge is 2.43. The first-order valence-electron chi connectivity index (χ1n) is 5.61. The summed E-state index contributed by atoms with van der Waals surface area (Å²) in [6.07, 6.45) is -0.988. The minimum atomic E-state index is -2.24. The molecule has 0 radical (unpaired) electrons. The second-order valence-corrected chi connectivity index (χ2v) is 5.13. The Morgan fingerprint density at radius 3 is 1.95 bits per heavy atom. The first-order valence-corrected chi connectivity index (χ1v) is 5.61. The van der Waals surface area contributed by atoms with Crippen LogP contribution in [0.5, 0.6) is 0 Å². The van der Waals surface area contributed by atoms with Crippen LogP contribution in [0.25, 0.3) is 0 Å². The lowest BCUT2D eigenvalue weighted by Crippen LogP contribution is -2.47. The number of cyclic esters (lactones) is 1. The molecule has 0 aliphatic carbocycles. The summed E-state index contributed by atoms with van der Waals surface area (Å²) in [6, 6.07) is -1.40. The Morgan fingerprint density at radius 2 is 1.45 bits per heavy atom. The van der Waals surface area contributed by atoms with Gasteiger partial charge >= 0.3 is 6.09 Å². The molecule has 1 aromatic carbocycles.